The van der Waals surface area contributed by atoms with Crippen LogP contribution in [0, 0.1) is 11.7 Å². The van der Waals surface area contributed by atoms with Gasteiger partial charge in [-0.15, -0.1) is 0 Å². The van der Waals surface area contributed by atoms with Crippen LogP contribution in [0.1, 0.15) is 21.9 Å². The number of benzene rings is 3. The summed E-state index contributed by atoms with van der Waals surface area (Å²) in [7, 11) is 3.71. The fraction of sp³-hybridized carbons (Fsp3) is 0.226. The Morgan fingerprint density at radius 3 is 2.29 bits per heavy atom. The molecular weight excluding hydrogens is 632 g/mol. The third-order valence-corrected chi connectivity index (χ3v) is 10.3. The summed E-state index contributed by atoms with van der Waals surface area (Å²) in [5.74, 6) is -4.25. The summed E-state index contributed by atoms with van der Waals surface area (Å²) in [4.78, 5) is 56.8. The zero-order valence-corrected chi connectivity index (χ0v) is 25.3. The molecule has 3 amide bonds. The summed E-state index contributed by atoms with van der Waals surface area (Å²) >= 11 is 1.80. The van der Waals surface area contributed by atoms with Crippen molar-refractivity contribution < 1.29 is 31.9 Å². The fourth-order valence-electron chi connectivity index (χ4n) is 5.55. The summed E-state index contributed by atoms with van der Waals surface area (Å²) in [5, 5.41) is 1.87. The predicted octanol–water partition coefficient (Wildman–Crippen LogP) is 5.57. The van der Waals surface area contributed by atoms with Crippen molar-refractivity contribution in [3.05, 3.63) is 104 Å². The minimum absolute atomic E-state index is 0.198. The lowest BCUT2D eigenvalue weighted by atomic mass is 9.83. The van der Waals surface area contributed by atoms with E-state index in [4.69, 9.17) is 0 Å². The van der Waals surface area contributed by atoms with Crippen LogP contribution in [0.4, 0.5) is 34.6 Å². The quantitative estimate of drug-likeness (QED) is 0.216. The van der Waals surface area contributed by atoms with Gasteiger partial charge >= 0.3 is 11.0 Å². The van der Waals surface area contributed by atoms with E-state index in [1.165, 1.54) is 34.9 Å². The lowest BCUT2D eigenvalue weighted by Gasteiger charge is -2.31. The molecule has 3 heterocycles. The molecule has 8 nitrogen and oxygen atoms in total. The van der Waals surface area contributed by atoms with Gasteiger partial charge in [-0.25, -0.2) is 9.29 Å². The number of anilines is 3. The molecule has 232 valence electrons. The van der Waals surface area contributed by atoms with Crippen LogP contribution in [0.15, 0.2) is 82.6 Å². The molecule has 14 heteroatoms. The first-order valence-corrected chi connectivity index (χ1v) is 15.3. The van der Waals surface area contributed by atoms with Crippen LogP contribution in [0.5, 0.6) is 0 Å². The van der Waals surface area contributed by atoms with E-state index in [-0.39, 0.29) is 5.69 Å². The molecule has 0 aliphatic carbocycles. The Hall–Kier alpha value is -4.43. The van der Waals surface area contributed by atoms with E-state index in [0.29, 0.717) is 21.2 Å². The Kier molecular flexibility index (Phi) is 7.81. The molecule has 0 radical (unpaired) electrons. The Morgan fingerprint density at radius 2 is 1.64 bits per heavy atom. The number of aromatic nitrogens is 1. The second-order valence-corrected chi connectivity index (χ2v) is 12.9. The summed E-state index contributed by atoms with van der Waals surface area (Å²) in [6.07, 6.45) is -4.69. The van der Waals surface area contributed by atoms with Crippen LogP contribution in [-0.4, -0.2) is 41.6 Å². The molecule has 3 unspecified atom stereocenters. The fourth-order valence-corrected chi connectivity index (χ4v) is 8.32. The molecule has 6 rings (SSSR count). The Labute approximate surface area is 262 Å². The molecule has 1 N–H and O–H groups in total. The first-order valence-electron chi connectivity index (χ1n) is 13.6. The zero-order chi connectivity index (χ0) is 32.2. The number of alkyl halides is 3. The highest BCUT2D eigenvalue weighted by Crippen LogP contribution is 2.54. The number of carbonyl (C=O) groups excluding carboxylic acids is 3. The second kappa shape index (κ2) is 11.5. The number of thioether (sulfide) groups is 1. The summed E-state index contributed by atoms with van der Waals surface area (Å²) < 4.78 is 55.1. The molecule has 2 aliphatic heterocycles. The number of amides is 3. The van der Waals surface area contributed by atoms with Crippen LogP contribution >= 0.6 is 23.1 Å². The molecular formula is C31H24F4N4O4S2. The highest BCUT2D eigenvalue weighted by molar-refractivity contribution is 8.00. The normalized spacial score (nSPS) is 19.3. The molecule has 1 aromatic heterocycles. The van der Waals surface area contributed by atoms with Gasteiger partial charge in [0.1, 0.15) is 17.6 Å². The molecule has 0 saturated carbocycles. The third kappa shape index (κ3) is 5.63. The van der Waals surface area contributed by atoms with Gasteiger partial charge in [0.15, 0.2) is 0 Å². The molecule has 3 aromatic carbocycles. The van der Waals surface area contributed by atoms with Crippen LogP contribution < -0.4 is 20.0 Å². The van der Waals surface area contributed by atoms with Crippen molar-refractivity contribution >= 4 is 57.9 Å². The molecule has 0 bridgehead atoms. The van der Waals surface area contributed by atoms with Crippen LogP contribution in [0.2, 0.25) is 0 Å². The largest absolute Gasteiger partial charge is 0.416 e. The lowest BCUT2D eigenvalue weighted by molar-refractivity contribution is -0.137. The van der Waals surface area contributed by atoms with Crippen molar-refractivity contribution in [2.45, 2.75) is 28.9 Å². The molecule has 45 heavy (non-hydrogen) atoms. The molecule has 0 spiro atoms. The van der Waals surface area contributed by atoms with E-state index < -0.39 is 63.8 Å². The van der Waals surface area contributed by atoms with E-state index in [9.17, 15) is 36.7 Å². The first kappa shape index (κ1) is 30.6. The molecule has 3 atom stereocenters. The van der Waals surface area contributed by atoms with Gasteiger partial charge in [-0.1, -0.05) is 41.3 Å². The Balaban J connectivity index is 1.41. The molecule has 1 saturated heterocycles. The van der Waals surface area contributed by atoms with Gasteiger partial charge in [0.2, 0.25) is 17.7 Å². The number of hydrogen-bond donors (Lipinski definition) is 1. The van der Waals surface area contributed by atoms with E-state index >= 15 is 0 Å². The van der Waals surface area contributed by atoms with Crippen molar-refractivity contribution in [2.75, 3.05) is 29.2 Å². The minimum Gasteiger partial charge on any atom is -0.378 e. The lowest BCUT2D eigenvalue weighted by Crippen LogP contribution is -2.33. The first-order chi connectivity index (χ1) is 21.3. The van der Waals surface area contributed by atoms with E-state index in [1.807, 2.05) is 31.1 Å². The number of thiazole rings is 1. The highest BCUT2D eigenvalue weighted by atomic mass is 32.2. The molecule has 2 aliphatic rings. The summed E-state index contributed by atoms with van der Waals surface area (Å²) in [5.41, 5.74) is 0.616. The average molecular weight is 657 g/mol. The van der Waals surface area contributed by atoms with E-state index in [2.05, 4.69) is 5.32 Å². The second-order valence-electron chi connectivity index (χ2n) is 10.8. The maximum Gasteiger partial charge on any atom is 0.416 e. The number of imide groups is 1. The summed E-state index contributed by atoms with van der Waals surface area (Å²) in [6, 6.07) is 16.4. The smallest absolute Gasteiger partial charge is 0.378 e. The van der Waals surface area contributed by atoms with Gasteiger partial charge in [-0.3, -0.25) is 23.7 Å². The number of carbonyl (C=O) groups is 3. The number of halogens is 4. The summed E-state index contributed by atoms with van der Waals surface area (Å²) in [6.45, 7) is -0.418. The van der Waals surface area contributed by atoms with E-state index in [0.717, 1.165) is 51.9 Å². The van der Waals surface area contributed by atoms with Crippen LogP contribution in [0.3, 0.4) is 0 Å². The standard InChI is InChI=1S/C31H24F4N4O4S2/c1-37(2)20-12-6-16(7-13-20)23-24-25(28(42)39(27(24)41)21-5-3-4-17(14-21)31(33,34)35)44-29-26(23)45-30(43)38(29)15-22(40)36-19-10-8-18(32)9-11-19/h3-14,23-25H,15H2,1-2H3,(H,36,40). The van der Waals surface area contributed by atoms with Crippen molar-refractivity contribution in [3.63, 3.8) is 0 Å². The number of nitrogens with one attached hydrogen (secondary N) is 1. The number of nitrogens with zero attached hydrogens (tertiary/aromatic N) is 3. The SMILES string of the molecule is CN(C)c1ccc(C2c3sc(=O)n(CC(=O)Nc4ccc(F)cc4)c3SC3C(=O)N(c4cccc(C(F)(F)F)c4)C(=O)C32)cc1. The van der Waals surface area contributed by atoms with Gasteiger partial charge in [0, 0.05) is 36.3 Å². The monoisotopic (exact) mass is 656 g/mol. The Morgan fingerprint density at radius 1 is 0.956 bits per heavy atom. The van der Waals surface area contributed by atoms with Crippen molar-refractivity contribution in [1.29, 1.82) is 0 Å². The van der Waals surface area contributed by atoms with Crippen LogP contribution in [0.25, 0.3) is 0 Å². The topological polar surface area (TPSA) is 91.7 Å². The maximum absolute atomic E-state index is 14.0. The van der Waals surface area contributed by atoms with Gasteiger partial charge in [-0.05, 0) is 60.2 Å². The van der Waals surface area contributed by atoms with Gasteiger partial charge < -0.3 is 10.2 Å². The van der Waals surface area contributed by atoms with Crippen molar-refractivity contribution in [1.82, 2.24) is 4.57 Å². The predicted molar refractivity (Wildman–Crippen MR) is 163 cm³/mol. The van der Waals surface area contributed by atoms with Crippen LogP contribution in [-0.2, 0) is 27.1 Å². The number of rotatable bonds is 6. The molecule has 4 aromatic rings. The van der Waals surface area contributed by atoms with Crippen molar-refractivity contribution in [2.24, 2.45) is 5.92 Å². The molecule has 1 fully saturated rings. The average Bonchev–Trinajstić information content (AvgIpc) is 3.44. The van der Waals surface area contributed by atoms with Crippen molar-refractivity contribution in [3.8, 4) is 0 Å². The number of fused-ring (bicyclic) bond motifs is 2. The van der Waals surface area contributed by atoms with E-state index in [1.54, 1.807) is 12.1 Å². The van der Waals surface area contributed by atoms with Gasteiger partial charge in [0.05, 0.1) is 22.2 Å². The Bertz CT molecular complexity index is 1870. The minimum atomic E-state index is -4.69. The van der Waals surface area contributed by atoms with Gasteiger partial charge in [0.25, 0.3) is 0 Å². The zero-order valence-electron chi connectivity index (χ0n) is 23.7. The number of hydrogen-bond acceptors (Lipinski definition) is 7. The maximum atomic E-state index is 14.0. The third-order valence-electron chi connectivity index (χ3n) is 7.68. The van der Waals surface area contributed by atoms with Gasteiger partial charge in [-0.2, -0.15) is 13.2 Å². The highest BCUT2D eigenvalue weighted by Gasteiger charge is 2.57.